The molecule has 1 aromatic heterocycles. The van der Waals surface area contributed by atoms with Gasteiger partial charge in [-0.2, -0.15) is 0 Å². The van der Waals surface area contributed by atoms with Gasteiger partial charge in [0.2, 0.25) is 10.0 Å². The van der Waals surface area contributed by atoms with Crippen LogP contribution in [0.1, 0.15) is 5.56 Å². The van der Waals surface area contributed by atoms with Gasteiger partial charge in [-0.25, -0.2) is 13.4 Å². The molecule has 2 aromatic carbocycles. The van der Waals surface area contributed by atoms with Gasteiger partial charge >= 0.3 is 0 Å². The molecule has 3 N–H and O–H groups in total. The van der Waals surface area contributed by atoms with Crippen LogP contribution < -0.4 is 10.5 Å². The summed E-state index contributed by atoms with van der Waals surface area (Å²) in [4.78, 5) is 4.16. The maximum atomic E-state index is 12.2. The third-order valence-corrected chi connectivity index (χ3v) is 4.99. The molecule has 0 bridgehead atoms. The van der Waals surface area contributed by atoms with Crippen LogP contribution in [-0.4, -0.2) is 13.4 Å². The molecule has 108 valence electrons. The Morgan fingerprint density at radius 2 is 1.90 bits per heavy atom. The molecule has 1 heterocycles. The SMILES string of the molecule is Nc1ccc(CS(=O)(=O)Nc2ccc3ncsc3c2)cc1. The Morgan fingerprint density at radius 1 is 1.14 bits per heavy atom. The summed E-state index contributed by atoms with van der Waals surface area (Å²) in [6.07, 6.45) is 0. The van der Waals surface area contributed by atoms with Crippen LogP contribution in [0.15, 0.2) is 48.0 Å². The van der Waals surface area contributed by atoms with Crippen molar-refractivity contribution in [2.75, 3.05) is 10.5 Å². The van der Waals surface area contributed by atoms with E-state index in [9.17, 15) is 8.42 Å². The Balaban J connectivity index is 1.80. The second-order valence-corrected chi connectivity index (χ2v) is 7.25. The summed E-state index contributed by atoms with van der Waals surface area (Å²) in [5.74, 6) is -0.0893. The lowest BCUT2D eigenvalue weighted by Gasteiger charge is -2.08. The van der Waals surface area contributed by atoms with Crippen LogP contribution in [0.5, 0.6) is 0 Å². The zero-order chi connectivity index (χ0) is 14.9. The van der Waals surface area contributed by atoms with Crippen molar-refractivity contribution in [2.24, 2.45) is 0 Å². The van der Waals surface area contributed by atoms with Crippen molar-refractivity contribution in [2.45, 2.75) is 5.75 Å². The quantitative estimate of drug-likeness (QED) is 0.724. The summed E-state index contributed by atoms with van der Waals surface area (Å²) in [6, 6.07) is 12.1. The lowest BCUT2D eigenvalue weighted by Crippen LogP contribution is -2.15. The highest BCUT2D eigenvalue weighted by Crippen LogP contribution is 2.23. The first-order valence-electron chi connectivity index (χ1n) is 6.20. The molecule has 0 amide bonds. The Labute approximate surface area is 126 Å². The van der Waals surface area contributed by atoms with Gasteiger partial charge in [0, 0.05) is 5.69 Å². The van der Waals surface area contributed by atoms with Gasteiger partial charge in [-0.1, -0.05) is 12.1 Å². The van der Waals surface area contributed by atoms with Crippen LogP contribution >= 0.6 is 11.3 Å². The number of rotatable bonds is 4. The molecule has 0 aliphatic carbocycles. The van der Waals surface area contributed by atoms with Crippen LogP contribution in [0.3, 0.4) is 0 Å². The van der Waals surface area contributed by atoms with Crippen molar-refractivity contribution in [3.8, 4) is 0 Å². The molecule has 0 saturated carbocycles. The zero-order valence-corrected chi connectivity index (χ0v) is 12.6. The fourth-order valence-electron chi connectivity index (χ4n) is 1.97. The fraction of sp³-hybridized carbons (Fsp3) is 0.0714. The molecular formula is C14H13N3O2S2. The Kier molecular flexibility index (Phi) is 3.52. The predicted octanol–water partition coefficient (Wildman–Crippen LogP) is 2.82. The van der Waals surface area contributed by atoms with Crippen molar-refractivity contribution in [1.29, 1.82) is 0 Å². The largest absolute Gasteiger partial charge is 0.399 e. The topological polar surface area (TPSA) is 85.1 Å². The number of anilines is 2. The smallest absolute Gasteiger partial charge is 0.236 e. The van der Waals surface area contributed by atoms with E-state index in [-0.39, 0.29) is 5.75 Å². The molecule has 5 nitrogen and oxygen atoms in total. The third-order valence-electron chi connectivity index (χ3n) is 2.94. The lowest BCUT2D eigenvalue weighted by atomic mass is 10.2. The third kappa shape index (κ3) is 3.32. The van der Waals surface area contributed by atoms with E-state index in [0.29, 0.717) is 16.9 Å². The highest BCUT2D eigenvalue weighted by atomic mass is 32.2. The van der Waals surface area contributed by atoms with Crippen LogP contribution in [0.2, 0.25) is 0 Å². The predicted molar refractivity (Wildman–Crippen MR) is 86.7 cm³/mol. The molecule has 3 aromatic rings. The van der Waals surface area contributed by atoms with Crippen molar-refractivity contribution < 1.29 is 8.42 Å². The van der Waals surface area contributed by atoms with E-state index in [1.54, 1.807) is 48.0 Å². The number of sulfonamides is 1. The van der Waals surface area contributed by atoms with E-state index in [4.69, 9.17) is 5.73 Å². The monoisotopic (exact) mass is 319 g/mol. The van der Waals surface area contributed by atoms with Gasteiger partial charge in [-0.15, -0.1) is 11.3 Å². The molecule has 0 atom stereocenters. The first-order chi connectivity index (χ1) is 10.0. The van der Waals surface area contributed by atoms with Gasteiger partial charge < -0.3 is 5.73 Å². The number of benzene rings is 2. The molecule has 0 unspecified atom stereocenters. The normalized spacial score (nSPS) is 11.6. The van der Waals surface area contributed by atoms with Gasteiger partial charge in [0.1, 0.15) is 0 Å². The Morgan fingerprint density at radius 3 is 2.67 bits per heavy atom. The summed E-state index contributed by atoms with van der Waals surface area (Å²) in [7, 11) is -3.46. The first kappa shape index (κ1) is 13.8. The number of hydrogen-bond acceptors (Lipinski definition) is 5. The molecular weight excluding hydrogens is 306 g/mol. The minimum Gasteiger partial charge on any atom is -0.399 e. The van der Waals surface area contributed by atoms with E-state index in [1.165, 1.54) is 11.3 Å². The number of nitrogen functional groups attached to an aromatic ring is 1. The van der Waals surface area contributed by atoms with E-state index >= 15 is 0 Å². The van der Waals surface area contributed by atoms with Gasteiger partial charge in [0.15, 0.2) is 0 Å². The van der Waals surface area contributed by atoms with Crippen LogP contribution in [-0.2, 0) is 15.8 Å². The summed E-state index contributed by atoms with van der Waals surface area (Å²) < 4.78 is 27.9. The number of nitrogens with one attached hydrogen (secondary N) is 1. The lowest BCUT2D eigenvalue weighted by molar-refractivity contribution is 0.600. The van der Waals surface area contributed by atoms with Crippen LogP contribution in [0, 0.1) is 0 Å². The van der Waals surface area contributed by atoms with Crippen molar-refractivity contribution in [1.82, 2.24) is 4.98 Å². The molecule has 21 heavy (non-hydrogen) atoms. The maximum Gasteiger partial charge on any atom is 0.236 e. The second-order valence-electron chi connectivity index (χ2n) is 4.64. The van der Waals surface area contributed by atoms with E-state index in [0.717, 1.165) is 10.2 Å². The highest BCUT2D eigenvalue weighted by molar-refractivity contribution is 7.91. The van der Waals surface area contributed by atoms with Crippen molar-refractivity contribution >= 4 is 43.0 Å². The zero-order valence-electron chi connectivity index (χ0n) is 11.0. The van der Waals surface area contributed by atoms with E-state index in [1.807, 2.05) is 0 Å². The summed E-state index contributed by atoms with van der Waals surface area (Å²) >= 11 is 1.47. The minimum absolute atomic E-state index is 0.0893. The van der Waals surface area contributed by atoms with E-state index in [2.05, 4.69) is 9.71 Å². The summed E-state index contributed by atoms with van der Waals surface area (Å²) in [5, 5.41) is 0. The molecule has 0 fully saturated rings. The molecule has 0 aliphatic rings. The maximum absolute atomic E-state index is 12.2. The molecule has 0 aliphatic heterocycles. The van der Waals surface area contributed by atoms with Crippen molar-refractivity contribution in [3.05, 3.63) is 53.5 Å². The van der Waals surface area contributed by atoms with Crippen molar-refractivity contribution in [3.63, 3.8) is 0 Å². The molecule has 0 saturated heterocycles. The van der Waals surface area contributed by atoms with E-state index < -0.39 is 10.0 Å². The van der Waals surface area contributed by atoms with Gasteiger partial charge in [0.25, 0.3) is 0 Å². The van der Waals surface area contributed by atoms with Gasteiger partial charge in [0.05, 0.1) is 27.2 Å². The van der Waals surface area contributed by atoms with Gasteiger partial charge in [-0.05, 0) is 35.9 Å². The Hall–Kier alpha value is -2.12. The van der Waals surface area contributed by atoms with Crippen LogP contribution in [0.4, 0.5) is 11.4 Å². The number of thiazole rings is 1. The molecule has 0 radical (unpaired) electrons. The molecule has 7 heteroatoms. The fourth-order valence-corrected chi connectivity index (χ4v) is 3.87. The number of nitrogens with zero attached hydrogens (tertiary/aromatic N) is 1. The average Bonchev–Trinajstić information content (AvgIpc) is 2.88. The standard InChI is InChI=1S/C14H13N3O2S2/c15-11-3-1-10(2-4-11)8-21(18,19)17-12-5-6-13-14(7-12)20-9-16-13/h1-7,9,17H,8,15H2. The molecule has 0 spiro atoms. The number of hydrogen-bond donors (Lipinski definition) is 2. The highest BCUT2D eigenvalue weighted by Gasteiger charge is 2.12. The summed E-state index contributed by atoms with van der Waals surface area (Å²) in [5.41, 5.74) is 10.0. The number of nitrogens with two attached hydrogens (primary N) is 1. The Bertz CT molecular complexity index is 871. The molecule has 3 rings (SSSR count). The number of fused-ring (bicyclic) bond motifs is 1. The minimum atomic E-state index is -3.46. The van der Waals surface area contributed by atoms with Crippen LogP contribution in [0.25, 0.3) is 10.2 Å². The van der Waals surface area contributed by atoms with Gasteiger partial charge in [-0.3, -0.25) is 4.72 Å². The summed E-state index contributed by atoms with van der Waals surface area (Å²) in [6.45, 7) is 0. The number of aromatic nitrogens is 1. The second kappa shape index (κ2) is 5.34. The average molecular weight is 319 g/mol. The first-order valence-corrected chi connectivity index (χ1v) is 8.73.